The maximum absolute atomic E-state index is 4.29. The van der Waals surface area contributed by atoms with Gasteiger partial charge in [-0.05, 0) is 27.7 Å². The van der Waals surface area contributed by atoms with Crippen LogP contribution in [0.3, 0.4) is 0 Å². The van der Waals surface area contributed by atoms with Gasteiger partial charge in [-0.3, -0.25) is 0 Å². The highest BCUT2D eigenvalue weighted by molar-refractivity contribution is 4.92. The van der Waals surface area contributed by atoms with Crippen molar-refractivity contribution in [3.8, 4) is 0 Å². The van der Waals surface area contributed by atoms with Gasteiger partial charge < -0.3 is 5.32 Å². The highest BCUT2D eigenvalue weighted by Gasteiger charge is 2.13. The van der Waals surface area contributed by atoms with Gasteiger partial charge in [0.05, 0.1) is 6.54 Å². The van der Waals surface area contributed by atoms with Crippen molar-refractivity contribution >= 4 is 0 Å². The van der Waals surface area contributed by atoms with Crippen LogP contribution in [-0.4, -0.2) is 35.1 Å². The first kappa shape index (κ1) is 13.7. The van der Waals surface area contributed by atoms with Gasteiger partial charge in [0.2, 0.25) is 0 Å². The number of nitrogens with zero attached hydrogens (tertiary/aromatic N) is 6. The highest BCUT2D eigenvalue weighted by atomic mass is 15.4. The van der Waals surface area contributed by atoms with Crippen LogP contribution in [0.15, 0.2) is 12.7 Å². The van der Waals surface area contributed by atoms with Gasteiger partial charge in [0, 0.05) is 12.1 Å². The fraction of sp³-hybridized carbons (Fsp3) is 0.667. The molecule has 0 spiro atoms. The Morgan fingerprint density at radius 1 is 1.05 bits per heavy atom. The first-order valence-electron chi connectivity index (χ1n) is 6.48. The summed E-state index contributed by atoms with van der Waals surface area (Å²) in [5.74, 6) is 1.80. The Hall–Kier alpha value is -1.76. The van der Waals surface area contributed by atoms with Crippen molar-refractivity contribution in [2.45, 2.75) is 52.9 Å². The molecular weight excluding hydrogens is 242 g/mol. The molecule has 104 valence electrons. The lowest BCUT2D eigenvalue weighted by Crippen LogP contribution is -2.36. The Labute approximate surface area is 113 Å². The van der Waals surface area contributed by atoms with E-state index in [0.717, 1.165) is 18.2 Å². The van der Waals surface area contributed by atoms with Gasteiger partial charge in [0.15, 0.2) is 0 Å². The second kappa shape index (κ2) is 5.48. The largest absolute Gasteiger partial charge is 0.305 e. The van der Waals surface area contributed by atoms with Crippen LogP contribution in [0.2, 0.25) is 0 Å². The van der Waals surface area contributed by atoms with Crippen LogP contribution in [-0.2, 0) is 19.6 Å². The molecule has 0 aliphatic heterocycles. The molecule has 2 rings (SSSR count). The standard InChI is InChI=1S/C12H21N7/c1-5-18-11(14-9-16-18)7-19-10(13-8-17-19)6-15-12(2,3)4/h8-9,15H,5-7H2,1-4H3. The fourth-order valence-electron chi connectivity index (χ4n) is 1.71. The van der Waals surface area contributed by atoms with Gasteiger partial charge in [-0.15, -0.1) is 0 Å². The predicted molar refractivity (Wildman–Crippen MR) is 71.4 cm³/mol. The lowest BCUT2D eigenvalue weighted by molar-refractivity contribution is 0.408. The molecule has 2 aromatic heterocycles. The molecule has 0 aromatic carbocycles. The van der Waals surface area contributed by atoms with Gasteiger partial charge >= 0.3 is 0 Å². The van der Waals surface area contributed by atoms with Crippen molar-refractivity contribution in [1.82, 2.24) is 34.8 Å². The van der Waals surface area contributed by atoms with Crippen LogP contribution in [0.25, 0.3) is 0 Å². The molecular formula is C12H21N7. The Balaban J connectivity index is 2.07. The van der Waals surface area contributed by atoms with E-state index in [1.54, 1.807) is 12.7 Å². The van der Waals surface area contributed by atoms with E-state index in [2.05, 4.69) is 46.3 Å². The summed E-state index contributed by atoms with van der Waals surface area (Å²) in [6, 6.07) is 0. The van der Waals surface area contributed by atoms with E-state index in [4.69, 9.17) is 0 Å². The normalized spacial score (nSPS) is 12.0. The molecule has 0 radical (unpaired) electrons. The fourth-order valence-corrected chi connectivity index (χ4v) is 1.71. The smallest absolute Gasteiger partial charge is 0.148 e. The second-order valence-corrected chi connectivity index (χ2v) is 5.43. The van der Waals surface area contributed by atoms with Crippen molar-refractivity contribution in [1.29, 1.82) is 0 Å². The minimum Gasteiger partial charge on any atom is -0.305 e. The zero-order valence-electron chi connectivity index (χ0n) is 12.0. The average Bonchev–Trinajstić information content (AvgIpc) is 2.95. The molecule has 0 atom stereocenters. The SMILES string of the molecule is CCn1ncnc1Cn1ncnc1CNC(C)(C)C. The van der Waals surface area contributed by atoms with E-state index < -0.39 is 0 Å². The predicted octanol–water partition coefficient (Wildman–Crippen LogP) is 0.826. The van der Waals surface area contributed by atoms with Crippen molar-refractivity contribution in [2.75, 3.05) is 0 Å². The Bertz CT molecular complexity index is 520. The molecule has 19 heavy (non-hydrogen) atoms. The average molecular weight is 263 g/mol. The molecule has 0 bridgehead atoms. The number of aryl methyl sites for hydroxylation is 1. The van der Waals surface area contributed by atoms with Crippen molar-refractivity contribution < 1.29 is 0 Å². The molecule has 7 heteroatoms. The van der Waals surface area contributed by atoms with Gasteiger partial charge in [-0.2, -0.15) is 10.2 Å². The van der Waals surface area contributed by atoms with Crippen LogP contribution < -0.4 is 5.32 Å². The van der Waals surface area contributed by atoms with E-state index in [9.17, 15) is 0 Å². The van der Waals surface area contributed by atoms with Gasteiger partial charge in [0.1, 0.15) is 30.8 Å². The van der Waals surface area contributed by atoms with E-state index in [-0.39, 0.29) is 5.54 Å². The Morgan fingerprint density at radius 2 is 1.68 bits per heavy atom. The van der Waals surface area contributed by atoms with Crippen LogP contribution in [0.4, 0.5) is 0 Å². The first-order chi connectivity index (χ1) is 8.99. The quantitative estimate of drug-likeness (QED) is 0.864. The van der Waals surface area contributed by atoms with Gasteiger partial charge in [0.25, 0.3) is 0 Å². The molecule has 0 aliphatic carbocycles. The maximum Gasteiger partial charge on any atom is 0.148 e. The zero-order valence-corrected chi connectivity index (χ0v) is 12.0. The van der Waals surface area contributed by atoms with Crippen LogP contribution in [0.5, 0.6) is 0 Å². The van der Waals surface area contributed by atoms with Crippen LogP contribution in [0, 0.1) is 0 Å². The third-order valence-electron chi connectivity index (χ3n) is 2.76. The van der Waals surface area contributed by atoms with Gasteiger partial charge in [-0.1, -0.05) is 0 Å². The minimum atomic E-state index is 0.0558. The van der Waals surface area contributed by atoms with E-state index >= 15 is 0 Å². The Kier molecular flexibility index (Phi) is 3.94. The summed E-state index contributed by atoms with van der Waals surface area (Å²) in [6.07, 6.45) is 3.15. The summed E-state index contributed by atoms with van der Waals surface area (Å²) in [5, 5.41) is 11.8. The molecule has 0 aliphatic rings. The molecule has 0 amide bonds. The number of nitrogens with one attached hydrogen (secondary N) is 1. The molecule has 0 unspecified atom stereocenters. The third-order valence-corrected chi connectivity index (χ3v) is 2.76. The molecule has 0 saturated heterocycles. The van der Waals surface area contributed by atoms with E-state index in [1.165, 1.54) is 0 Å². The number of aromatic nitrogens is 6. The lowest BCUT2D eigenvalue weighted by atomic mass is 10.1. The van der Waals surface area contributed by atoms with E-state index in [0.29, 0.717) is 13.1 Å². The van der Waals surface area contributed by atoms with Crippen molar-refractivity contribution in [3.05, 3.63) is 24.3 Å². The molecule has 2 aromatic rings. The Morgan fingerprint density at radius 3 is 2.32 bits per heavy atom. The van der Waals surface area contributed by atoms with Crippen LogP contribution in [0.1, 0.15) is 39.3 Å². The monoisotopic (exact) mass is 263 g/mol. The summed E-state index contributed by atoms with van der Waals surface area (Å²) in [6.45, 7) is 10.5. The molecule has 0 fully saturated rings. The summed E-state index contributed by atoms with van der Waals surface area (Å²) < 4.78 is 3.72. The van der Waals surface area contributed by atoms with Crippen molar-refractivity contribution in [2.24, 2.45) is 0 Å². The summed E-state index contributed by atoms with van der Waals surface area (Å²) in [7, 11) is 0. The minimum absolute atomic E-state index is 0.0558. The van der Waals surface area contributed by atoms with Crippen molar-refractivity contribution in [3.63, 3.8) is 0 Å². The topological polar surface area (TPSA) is 73.5 Å². The molecule has 1 N–H and O–H groups in total. The number of hydrogen-bond acceptors (Lipinski definition) is 5. The number of hydrogen-bond donors (Lipinski definition) is 1. The van der Waals surface area contributed by atoms with E-state index in [1.807, 2.05) is 16.3 Å². The summed E-state index contributed by atoms with van der Waals surface area (Å²) in [4.78, 5) is 8.54. The summed E-state index contributed by atoms with van der Waals surface area (Å²) in [5.41, 5.74) is 0.0558. The lowest BCUT2D eigenvalue weighted by Gasteiger charge is -2.20. The second-order valence-electron chi connectivity index (χ2n) is 5.43. The summed E-state index contributed by atoms with van der Waals surface area (Å²) >= 11 is 0. The first-order valence-corrected chi connectivity index (χ1v) is 6.48. The number of rotatable bonds is 5. The third kappa shape index (κ3) is 3.60. The molecule has 0 saturated carbocycles. The highest BCUT2D eigenvalue weighted by Crippen LogP contribution is 2.04. The molecule has 7 nitrogen and oxygen atoms in total. The zero-order chi connectivity index (χ0) is 13.9. The van der Waals surface area contributed by atoms with Gasteiger partial charge in [-0.25, -0.2) is 19.3 Å². The maximum atomic E-state index is 4.29. The molecule has 2 heterocycles. The van der Waals surface area contributed by atoms with Crippen LogP contribution >= 0.6 is 0 Å².